The number of aromatic nitrogens is 2. The Morgan fingerprint density at radius 3 is 2.75 bits per heavy atom. The molecule has 1 aliphatic rings. The molecule has 0 aliphatic heterocycles. The minimum atomic E-state index is 0.528. The quantitative estimate of drug-likeness (QED) is 0.846. The van der Waals surface area contributed by atoms with Gasteiger partial charge in [-0.3, -0.25) is 4.68 Å². The topological polar surface area (TPSA) is 29.9 Å². The maximum Gasteiger partial charge on any atom is 0.0534 e. The molecule has 0 unspecified atom stereocenters. The SMILES string of the molecule is Cn1cc(CNCC2(C)CCCCC2)cn1. The second kappa shape index (κ2) is 5.00. The van der Waals surface area contributed by atoms with Gasteiger partial charge < -0.3 is 5.32 Å². The molecule has 3 heteroatoms. The van der Waals surface area contributed by atoms with Crippen LogP contribution in [-0.2, 0) is 13.6 Å². The molecule has 0 spiro atoms. The largest absolute Gasteiger partial charge is 0.312 e. The van der Waals surface area contributed by atoms with Gasteiger partial charge in [-0.25, -0.2) is 0 Å². The number of hydrogen-bond acceptors (Lipinski definition) is 2. The molecule has 1 aromatic heterocycles. The lowest BCUT2D eigenvalue weighted by molar-refractivity contribution is 0.207. The minimum absolute atomic E-state index is 0.528. The zero-order valence-corrected chi connectivity index (χ0v) is 10.5. The maximum atomic E-state index is 4.18. The molecule has 1 fully saturated rings. The van der Waals surface area contributed by atoms with E-state index in [9.17, 15) is 0 Å². The van der Waals surface area contributed by atoms with Crippen LogP contribution in [-0.4, -0.2) is 16.3 Å². The van der Waals surface area contributed by atoms with E-state index in [2.05, 4.69) is 23.5 Å². The van der Waals surface area contributed by atoms with Crippen molar-refractivity contribution in [3.63, 3.8) is 0 Å². The second-order valence-electron chi connectivity index (χ2n) is 5.50. The fourth-order valence-corrected chi connectivity index (χ4v) is 2.65. The predicted octanol–water partition coefficient (Wildman–Crippen LogP) is 2.48. The number of nitrogens with one attached hydrogen (secondary N) is 1. The first kappa shape index (κ1) is 11.6. The molecule has 1 aromatic rings. The molecular formula is C13H23N3. The highest BCUT2D eigenvalue weighted by Gasteiger charge is 2.25. The van der Waals surface area contributed by atoms with Crippen molar-refractivity contribution in [1.82, 2.24) is 15.1 Å². The summed E-state index contributed by atoms with van der Waals surface area (Å²) in [5.74, 6) is 0. The molecule has 1 saturated carbocycles. The van der Waals surface area contributed by atoms with Gasteiger partial charge in [-0.15, -0.1) is 0 Å². The molecule has 0 radical (unpaired) electrons. The fraction of sp³-hybridized carbons (Fsp3) is 0.769. The van der Waals surface area contributed by atoms with Crippen LogP contribution in [0.1, 0.15) is 44.6 Å². The highest BCUT2D eigenvalue weighted by atomic mass is 15.2. The monoisotopic (exact) mass is 221 g/mol. The van der Waals surface area contributed by atoms with Crippen molar-refractivity contribution in [2.45, 2.75) is 45.6 Å². The van der Waals surface area contributed by atoms with Gasteiger partial charge in [-0.05, 0) is 18.3 Å². The van der Waals surface area contributed by atoms with Crippen molar-refractivity contribution < 1.29 is 0 Å². The van der Waals surface area contributed by atoms with Crippen LogP contribution in [0.4, 0.5) is 0 Å². The molecule has 0 atom stereocenters. The molecule has 2 rings (SSSR count). The molecular weight excluding hydrogens is 198 g/mol. The average molecular weight is 221 g/mol. The Morgan fingerprint density at radius 1 is 1.38 bits per heavy atom. The smallest absolute Gasteiger partial charge is 0.0534 e. The molecule has 1 heterocycles. The third-order valence-electron chi connectivity index (χ3n) is 3.70. The van der Waals surface area contributed by atoms with Crippen molar-refractivity contribution in [3.05, 3.63) is 18.0 Å². The predicted molar refractivity (Wildman–Crippen MR) is 66.1 cm³/mol. The van der Waals surface area contributed by atoms with E-state index >= 15 is 0 Å². The Balaban J connectivity index is 1.74. The van der Waals surface area contributed by atoms with Crippen molar-refractivity contribution in [2.75, 3.05) is 6.54 Å². The van der Waals surface area contributed by atoms with Crippen LogP contribution in [0.25, 0.3) is 0 Å². The zero-order valence-electron chi connectivity index (χ0n) is 10.5. The number of hydrogen-bond donors (Lipinski definition) is 1. The summed E-state index contributed by atoms with van der Waals surface area (Å²) in [6, 6.07) is 0. The van der Waals surface area contributed by atoms with Crippen LogP contribution in [0.15, 0.2) is 12.4 Å². The standard InChI is InChI=1S/C13H23N3/c1-13(6-4-3-5-7-13)11-14-8-12-9-15-16(2)10-12/h9-10,14H,3-8,11H2,1-2H3. The Hall–Kier alpha value is -0.830. The molecule has 16 heavy (non-hydrogen) atoms. The van der Waals surface area contributed by atoms with E-state index in [0.29, 0.717) is 5.41 Å². The summed E-state index contributed by atoms with van der Waals surface area (Å²) >= 11 is 0. The van der Waals surface area contributed by atoms with Gasteiger partial charge in [0.2, 0.25) is 0 Å². The van der Waals surface area contributed by atoms with E-state index in [-0.39, 0.29) is 0 Å². The summed E-state index contributed by atoms with van der Waals surface area (Å²) in [7, 11) is 1.96. The van der Waals surface area contributed by atoms with Gasteiger partial charge in [0, 0.05) is 31.9 Å². The third kappa shape index (κ3) is 3.08. The van der Waals surface area contributed by atoms with Crippen molar-refractivity contribution >= 4 is 0 Å². The molecule has 0 aromatic carbocycles. The Bertz CT molecular complexity index is 324. The third-order valence-corrected chi connectivity index (χ3v) is 3.70. The lowest BCUT2D eigenvalue weighted by Gasteiger charge is -2.33. The molecule has 0 bridgehead atoms. The van der Waals surface area contributed by atoms with Gasteiger partial charge in [-0.2, -0.15) is 5.10 Å². The molecule has 0 saturated heterocycles. The van der Waals surface area contributed by atoms with Gasteiger partial charge in [-0.1, -0.05) is 26.2 Å². The van der Waals surface area contributed by atoms with Crippen LogP contribution in [0.5, 0.6) is 0 Å². The molecule has 3 nitrogen and oxygen atoms in total. The van der Waals surface area contributed by atoms with Crippen LogP contribution >= 0.6 is 0 Å². The van der Waals surface area contributed by atoms with E-state index in [4.69, 9.17) is 0 Å². The molecule has 90 valence electrons. The highest BCUT2D eigenvalue weighted by Crippen LogP contribution is 2.34. The minimum Gasteiger partial charge on any atom is -0.312 e. The van der Waals surface area contributed by atoms with Gasteiger partial charge in [0.25, 0.3) is 0 Å². The van der Waals surface area contributed by atoms with E-state index in [1.165, 1.54) is 37.7 Å². The Morgan fingerprint density at radius 2 is 2.12 bits per heavy atom. The van der Waals surface area contributed by atoms with E-state index in [0.717, 1.165) is 13.1 Å². The zero-order chi connectivity index (χ0) is 11.4. The number of nitrogens with zero attached hydrogens (tertiary/aromatic N) is 2. The van der Waals surface area contributed by atoms with Crippen LogP contribution < -0.4 is 5.32 Å². The summed E-state index contributed by atoms with van der Waals surface area (Å²) < 4.78 is 1.86. The van der Waals surface area contributed by atoms with Gasteiger partial charge in [0.15, 0.2) is 0 Å². The van der Waals surface area contributed by atoms with Gasteiger partial charge in [0.05, 0.1) is 6.20 Å². The Kier molecular flexibility index (Phi) is 3.64. The van der Waals surface area contributed by atoms with Gasteiger partial charge in [0.1, 0.15) is 0 Å². The van der Waals surface area contributed by atoms with E-state index in [1.54, 1.807) is 0 Å². The lowest BCUT2D eigenvalue weighted by Crippen LogP contribution is -2.33. The molecule has 1 aliphatic carbocycles. The average Bonchev–Trinajstić information content (AvgIpc) is 2.65. The fourth-order valence-electron chi connectivity index (χ4n) is 2.65. The summed E-state index contributed by atoms with van der Waals surface area (Å²) in [6.45, 7) is 4.51. The summed E-state index contributed by atoms with van der Waals surface area (Å²) in [5, 5.41) is 7.75. The second-order valence-corrected chi connectivity index (χ2v) is 5.50. The van der Waals surface area contributed by atoms with Gasteiger partial charge >= 0.3 is 0 Å². The molecule has 1 N–H and O–H groups in total. The lowest BCUT2D eigenvalue weighted by atomic mass is 9.76. The first-order chi connectivity index (χ1) is 7.68. The summed E-state index contributed by atoms with van der Waals surface area (Å²) in [6.07, 6.45) is 11.0. The van der Waals surface area contributed by atoms with E-state index in [1.807, 2.05) is 17.9 Å². The summed E-state index contributed by atoms with van der Waals surface area (Å²) in [4.78, 5) is 0. The van der Waals surface area contributed by atoms with Crippen LogP contribution in [0.2, 0.25) is 0 Å². The van der Waals surface area contributed by atoms with Crippen molar-refractivity contribution in [2.24, 2.45) is 12.5 Å². The van der Waals surface area contributed by atoms with Crippen molar-refractivity contribution in [1.29, 1.82) is 0 Å². The number of aryl methyl sites for hydroxylation is 1. The normalized spacial score (nSPS) is 19.9. The van der Waals surface area contributed by atoms with Crippen molar-refractivity contribution in [3.8, 4) is 0 Å². The summed E-state index contributed by atoms with van der Waals surface area (Å²) in [5.41, 5.74) is 1.81. The molecule has 0 amide bonds. The van der Waals surface area contributed by atoms with Crippen LogP contribution in [0.3, 0.4) is 0 Å². The first-order valence-corrected chi connectivity index (χ1v) is 6.36. The van der Waals surface area contributed by atoms with Crippen LogP contribution in [0, 0.1) is 5.41 Å². The van der Waals surface area contributed by atoms with E-state index < -0.39 is 0 Å². The number of rotatable bonds is 4. The highest BCUT2D eigenvalue weighted by molar-refractivity contribution is 5.02. The first-order valence-electron chi connectivity index (χ1n) is 6.36. The maximum absolute atomic E-state index is 4.18. The Labute approximate surface area is 98.2 Å².